The number of hydrogen-bond acceptors (Lipinski definition) is 5. The van der Waals surface area contributed by atoms with Gasteiger partial charge in [0.15, 0.2) is 0 Å². The molecule has 1 saturated heterocycles. The molecule has 5 rings (SSSR count). The highest BCUT2D eigenvalue weighted by Crippen LogP contribution is 2.45. The molecule has 0 radical (unpaired) electrons. The van der Waals surface area contributed by atoms with Gasteiger partial charge in [-0.15, -0.1) is 0 Å². The van der Waals surface area contributed by atoms with Gasteiger partial charge in [-0.25, -0.2) is 4.79 Å². The Hall–Kier alpha value is -2.44. The third-order valence-electron chi connectivity index (χ3n) is 8.28. The molecule has 5 atom stereocenters. The summed E-state index contributed by atoms with van der Waals surface area (Å²) in [5.41, 5.74) is 2.61. The smallest absolute Gasteiger partial charge is 0.338 e. The first-order valence-corrected chi connectivity index (χ1v) is 14.4. The lowest BCUT2D eigenvalue weighted by Gasteiger charge is -2.24. The highest BCUT2D eigenvalue weighted by atomic mass is 79.9. The van der Waals surface area contributed by atoms with Gasteiger partial charge in [0.1, 0.15) is 12.2 Å². The molecule has 37 heavy (non-hydrogen) atoms. The van der Waals surface area contributed by atoms with Crippen molar-refractivity contribution >= 4 is 27.9 Å². The topological polar surface area (TPSA) is 72.8 Å². The van der Waals surface area contributed by atoms with Crippen LogP contribution in [-0.2, 0) is 14.3 Å². The number of aliphatic hydroxyl groups is 1. The van der Waals surface area contributed by atoms with Crippen molar-refractivity contribution in [3.05, 3.63) is 70.7 Å². The van der Waals surface area contributed by atoms with Crippen molar-refractivity contribution in [1.82, 2.24) is 0 Å². The maximum Gasteiger partial charge on any atom is 0.338 e. The van der Waals surface area contributed by atoms with Crippen molar-refractivity contribution in [3.8, 4) is 11.1 Å². The molecular formula is C31H35BrO5. The van der Waals surface area contributed by atoms with Crippen LogP contribution in [0, 0.1) is 17.8 Å². The Labute approximate surface area is 227 Å². The molecule has 2 aliphatic carbocycles. The molecule has 1 unspecified atom stereocenters. The van der Waals surface area contributed by atoms with Gasteiger partial charge < -0.3 is 14.6 Å². The first kappa shape index (κ1) is 26.2. The van der Waals surface area contributed by atoms with Crippen LogP contribution < -0.4 is 0 Å². The lowest BCUT2D eigenvalue weighted by atomic mass is 9.85. The zero-order valence-electron chi connectivity index (χ0n) is 21.1. The van der Waals surface area contributed by atoms with Crippen molar-refractivity contribution < 1.29 is 24.2 Å². The number of ether oxygens (including phenoxy) is 2. The molecular weight excluding hydrogens is 532 g/mol. The molecule has 2 aromatic carbocycles. The third kappa shape index (κ3) is 6.35. The van der Waals surface area contributed by atoms with E-state index in [-0.39, 0.29) is 29.9 Å². The van der Waals surface area contributed by atoms with Crippen LogP contribution in [0.4, 0.5) is 0 Å². The first-order chi connectivity index (χ1) is 18.0. The van der Waals surface area contributed by atoms with Crippen LogP contribution in [0.3, 0.4) is 0 Å². The Bertz CT molecular complexity index is 1110. The zero-order valence-corrected chi connectivity index (χ0v) is 22.6. The number of benzene rings is 2. The van der Waals surface area contributed by atoms with Crippen LogP contribution in [0.1, 0.15) is 68.1 Å². The Balaban J connectivity index is 1.25. The maximum atomic E-state index is 13.1. The van der Waals surface area contributed by atoms with E-state index in [0.29, 0.717) is 35.2 Å². The molecule has 2 saturated carbocycles. The van der Waals surface area contributed by atoms with E-state index >= 15 is 0 Å². The average molecular weight is 568 g/mol. The Morgan fingerprint density at radius 3 is 2.49 bits per heavy atom. The van der Waals surface area contributed by atoms with Gasteiger partial charge in [0.2, 0.25) is 0 Å². The van der Waals surface area contributed by atoms with Gasteiger partial charge in [-0.1, -0.05) is 96.6 Å². The van der Waals surface area contributed by atoms with Gasteiger partial charge >= 0.3 is 11.9 Å². The molecule has 0 spiro atoms. The second kappa shape index (κ2) is 12.0. The summed E-state index contributed by atoms with van der Waals surface area (Å²) in [6.07, 6.45) is 9.62. The molecule has 0 aromatic heterocycles. The molecule has 1 aliphatic heterocycles. The standard InChI is InChI=1S/C31H35BrO5/c32-26(27(33)16-11-20-7-3-1-4-8-20)17-24-25-18-30(34)36-28(25)19-29(24)37-31(35)23-14-12-22(13-15-23)21-9-5-2-6-10-21/h2,5-6,9-10,12-15,17,20,24-25,27-29,33H,1,3-4,7-8,11,16,18-19H2/b26-17+/t24-,25+,27?,28-,29+/m0/s1. The second-order valence-electron chi connectivity index (χ2n) is 10.7. The quantitative estimate of drug-likeness (QED) is 0.354. The van der Waals surface area contributed by atoms with E-state index in [1.807, 2.05) is 48.5 Å². The Kier molecular flexibility index (Phi) is 8.46. The summed E-state index contributed by atoms with van der Waals surface area (Å²) in [6.45, 7) is 0. The fourth-order valence-corrected chi connectivity index (χ4v) is 6.73. The number of carbonyl (C=O) groups is 2. The lowest BCUT2D eigenvalue weighted by Crippen LogP contribution is -2.25. The SMILES string of the molecule is O=C1C[C@@H]2[C@H](/C=C(/Br)C(O)CCC3CCCCC3)[C@H](OC(=O)c3ccc(-c4ccccc4)cc3)C[C@@H]2O1. The summed E-state index contributed by atoms with van der Waals surface area (Å²) < 4.78 is 12.2. The Morgan fingerprint density at radius 2 is 1.76 bits per heavy atom. The molecule has 0 amide bonds. The molecule has 6 heteroatoms. The van der Waals surface area contributed by atoms with Crippen molar-refractivity contribution in [2.45, 2.75) is 76.1 Å². The largest absolute Gasteiger partial charge is 0.462 e. The van der Waals surface area contributed by atoms with E-state index < -0.39 is 12.2 Å². The predicted molar refractivity (Wildman–Crippen MR) is 146 cm³/mol. The molecule has 1 N–H and O–H groups in total. The van der Waals surface area contributed by atoms with Gasteiger partial charge in [0, 0.05) is 22.7 Å². The van der Waals surface area contributed by atoms with E-state index in [1.165, 1.54) is 32.1 Å². The number of carbonyl (C=O) groups excluding carboxylic acids is 2. The molecule has 1 heterocycles. The monoisotopic (exact) mass is 566 g/mol. The van der Waals surface area contributed by atoms with Crippen LogP contribution in [-0.4, -0.2) is 35.4 Å². The van der Waals surface area contributed by atoms with Crippen LogP contribution in [0.15, 0.2) is 65.2 Å². The van der Waals surface area contributed by atoms with Gasteiger partial charge in [-0.05, 0) is 42.0 Å². The summed E-state index contributed by atoms with van der Waals surface area (Å²) in [4.78, 5) is 25.1. The van der Waals surface area contributed by atoms with Gasteiger partial charge in [0.05, 0.1) is 18.1 Å². The van der Waals surface area contributed by atoms with E-state index in [0.717, 1.165) is 17.5 Å². The fraction of sp³-hybridized carbons (Fsp3) is 0.484. The molecule has 5 nitrogen and oxygen atoms in total. The van der Waals surface area contributed by atoms with Crippen LogP contribution in [0.5, 0.6) is 0 Å². The minimum Gasteiger partial charge on any atom is -0.462 e. The zero-order chi connectivity index (χ0) is 25.8. The highest BCUT2D eigenvalue weighted by molar-refractivity contribution is 9.11. The number of hydrogen-bond donors (Lipinski definition) is 1. The number of halogens is 1. The van der Waals surface area contributed by atoms with Crippen molar-refractivity contribution in [2.24, 2.45) is 17.8 Å². The average Bonchev–Trinajstić information content (AvgIpc) is 3.44. The summed E-state index contributed by atoms with van der Waals surface area (Å²) in [5, 5.41) is 10.8. The van der Waals surface area contributed by atoms with Crippen molar-refractivity contribution in [3.63, 3.8) is 0 Å². The molecule has 3 aliphatic rings. The molecule has 2 aromatic rings. The van der Waals surface area contributed by atoms with Crippen LogP contribution in [0.2, 0.25) is 0 Å². The van der Waals surface area contributed by atoms with Crippen LogP contribution >= 0.6 is 15.9 Å². The van der Waals surface area contributed by atoms with Crippen LogP contribution in [0.25, 0.3) is 11.1 Å². The summed E-state index contributed by atoms with van der Waals surface area (Å²) in [6, 6.07) is 17.4. The third-order valence-corrected chi connectivity index (χ3v) is 9.07. The van der Waals surface area contributed by atoms with Gasteiger partial charge in [-0.2, -0.15) is 0 Å². The van der Waals surface area contributed by atoms with Gasteiger partial charge in [-0.3, -0.25) is 4.79 Å². The second-order valence-corrected chi connectivity index (χ2v) is 11.7. The highest BCUT2D eigenvalue weighted by Gasteiger charge is 2.51. The number of esters is 2. The summed E-state index contributed by atoms with van der Waals surface area (Å²) in [5.74, 6) is -0.138. The van der Waals surface area contributed by atoms with Crippen molar-refractivity contribution in [2.75, 3.05) is 0 Å². The fourth-order valence-electron chi connectivity index (χ4n) is 6.19. The maximum absolute atomic E-state index is 13.1. The molecule has 196 valence electrons. The first-order valence-electron chi connectivity index (χ1n) is 13.6. The lowest BCUT2D eigenvalue weighted by molar-refractivity contribution is -0.141. The summed E-state index contributed by atoms with van der Waals surface area (Å²) >= 11 is 3.60. The van der Waals surface area contributed by atoms with E-state index in [9.17, 15) is 14.7 Å². The molecule has 0 bridgehead atoms. The number of fused-ring (bicyclic) bond motifs is 1. The minimum absolute atomic E-state index is 0.0520. The summed E-state index contributed by atoms with van der Waals surface area (Å²) in [7, 11) is 0. The van der Waals surface area contributed by atoms with E-state index in [1.54, 1.807) is 12.1 Å². The van der Waals surface area contributed by atoms with Crippen molar-refractivity contribution in [1.29, 1.82) is 0 Å². The molecule has 3 fully saturated rings. The minimum atomic E-state index is -0.596. The normalized spacial score (nSPS) is 27.0. The van der Waals surface area contributed by atoms with Gasteiger partial charge in [0.25, 0.3) is 0 Å². The number of rotatable bonds is 8. The van der Waals surface area contributed by atoms with E-state index in [2.05, 4.69) is 15.9 Å². The Morgan fingerprint density at radius 1 is 1.05 bits per heavy atom. The van der Waals surface area contributed by atoms with E-state index in [4.69, 9.17) is 9.47 Å². The number of aliphatic hydroxyl groups excluding tert-OH is 1. The predicted octanol–water partition coefficient (Wildman–Crippen LogP) is 6.83.